The Labute approximate surface area is 123 Å². The van der Waals surface area contributed by atoms with Crippen molar-refractivity contribution in [3.8, 4) is 0 Å². The number of hydrogen-bond donors (Lipinski definition) is 2. The SMILES string of the molecule is c1ccc(CCC[NH+]2CC[NH+](C3CCCC3)CC2)cc1. The molecule has 1 heterocycles. The van der Waals surface area contributed by atoms with Crippen LogP contribution in [-0.2, 0) is 6.42 Å². The van der Waals surface area contributed by atoms with Crippen molar-refractivity contribution < 1.29 is 9.80 Å². The van der Waals surface area contributed by atoms with E-state index in [1.807, 2.05) is 9.80 Å². The third-order valence-electron chi connectivity index (χ3n) is 5.37. The van der Waals surface area contributed by atoms with Gasteiger partial charge in [0.25, 0.3) is 0 Å². The molecule has 0 amide bonds. The zero-order valence-corrected chi connectivity index (χ0v) is 12.7. The molecule has 3 rings (SSSR count). The van der Waals surface area contributed by atoms with Gasteiger partial charge >= 0.3 is 0 Å². The Bertz CT molecular complexity index is 376. The molecule has 20 heavy (non-hydrogen) atoms. The molecular formula is C18H30N2+2. The number of nitrogens with one attached hydrogen (secondary N) is 2. The van der Waals surface area contributed by atoms with E-state index in [4.69, 9.17) is 0 Å². The fourth-order valence-corrected chi connectivity index (χ4v) is 4.10. The highest BCUT2D eigenvalue weighted by atomic mass is 15.3. The smallest absolute Gasteiger partial charge is 0.127 e. The maximum Gasteiger partial charge on any atom is 0.127 e. The molecule has 0 atom stereocenters. The molecule has 0 spiro atoms. The van der Waals surface area contributed by atoms with E-state index < -0.39 is 0 Å². The van der Waals surface area contributed by atoms with Crippen molar-refractivity contribution >= 4 is 0 Å². The first-order valence-corrected chi connectivity index (χ1v) is 8.64. The van der Waals surface area contributed by atoms with Gasteiger partial charge in [-0.3, -0.25) is 0 Å². The van der Waals surface area contributed by atoms with Crippen LogP contribution in [0.4, 0.5) is 0 Å². The van der Waals surface area contributed by atoms with Crippen molar-refractivity contribution in [2.45, 2.75) is 44.6 Å². The van der Waals surface area contributed by atoms with Gasteiger partial charge in [-0.05, 0) is 37.7 Å². The fourth-order valence-electron chi connectivity index (χ4n) is 4.10. The minimum Gasteiger partial charge on any atom is -0.326 e. The number of quaternary nitrogens is 2. The van der Waals surface area contributed by atoms with Crippen molar-refractivity contribution in [3.63, 3.8) is 0 Å². The summed E-state index contributed by atoms with van der Waals surface area (Å²) in [4.78, 5) is 3.77. The molecule has 1 aliphatic carbocycles. The Kier molecular flexibility index (Phi) is 5.10. The van der Waals surface area contributed by atoms with Gasteiger partial charge in [0.15, 0.2) is 0 Å². The lowest BCUT2D eigenvalue weighted by molar-refractivity contribution is -1.02. The summed E-state index contributed by atoms with van der Waals surface area (Å²) in [5, 5.41) is 0. The van der Waals surface area contributed by atoms with E-state index in [-0.39, 0.29) is 0 Å². The molecule has 2 heteroatoms. The molecule has 1 aromatic rings. The molecule has 1 aliphatic heterocycles. The number of rotatable bonds is 5. The minimum absolute atomic E-state index is 1.01. The second kappa shape index (κ2) is 7.24. The van der Waals surface area contributed by atoms with Crippen LogP contribution < -0.4 is 9.80 Å². The summed E-state index contributed by atoms with van der Waals surface area (Å²) >= 11 is 0. The first kappa shape index (κ1) is 14.1. The average Bonchev–Trinajstić information content (AvgIpc) is 3.03. The highest BCUT2D eigenvalue weighted by Crippen LogP contribution is 2.15. The Morgan fingerprint density at radius 3 is 2.30 bits per heavy atom. The van der Waals surface area contributed by atoms with Crippen LogP contribution in [-0.4, -0.2) is 38.8 Å². The Balaban J connectivity index is 1.34. The number of benzene rings is 1. The fraction of sp³-hybridized carbons (Fsp3) is 0.667. The Morgan fingerprint density at radius 1 is 0.900 bits per heavy atom. The van der Waals surface area contributed by atoms with E-state index in [1.165, 1.54) is 76.8 Å². The van der Waals surface area contributed by atoms with Crippen LogP contribution in [0.15, 0.2) is 30.3 Å². The number of aryl methyl sites for hydroxylation is 1. The van der Waals surface area contributed by atoms with Gasteiger partial charge in [-0.25, -0.2) is 0 Å². The molecule has 2 fully saturated rings. The van der Waals surface area contributed by atoms with E-state index in [2.05, 4.69) is 30.3 Å². The molecule has 0 bridgehead atoms. The summed E-state index contributed by atoms with van der Waals surface area (Å²) < 4.78 is 0. The molecule has 0 aromatic heterocycles. The standard InChI is InChI=1S/C18H28N2/c1-2-7-17(8-3-1)9-6-12-19-13-15-20(16-14-19)18-10-4-5-11-18/h1-3,7-8,18H,4-6,9-16H2/p+2. The molecular weight excluding hydrogens is 244 g/mol. The van der Waals surface area contributed by atoms with Crippen molar-refractivity contribution in [3.05, 3.63) is 35.9 Å². The van der Waals surface area contributed by atoms with Gasteiger partial charge in [-0.1, -0.05) is 30.3 Å². The summed E-state index contributed by atoms with van der Waals surface area (Å²) in [6.45, 7) is 7.02. The van der Waals surface area contributed by atoms with Crippen LogP contribution in [0.5, 0.6) is 0 Å². The van der Waals surface area contributed by atoms with E-state index in [9.17, 15) is 0 Å². The molecule has 110 valence electrons. The van der Waals surface area contributed by atoms with Gasteiger partial charge in [0.05, 0.1) is 12.6 Å². The predicted octanol–water partition coefficient (Wildman–Crippen LogP) is 0.345. The van der Waals surface area contributed by atoms with Crippen LogP contribution >= 0.6 is 0 Å². The Morgan fingerprint density at radius 2 is 1.60 bits per heavy atom. The van der Waals surface area contributed by atoms with Gasteiger partial charge in [-0.2, -0.15) is 0 Å². The molecule has 0 unspecified atom stereocenters. The monoisotopic (exact) mass is 274 g/mol. The molecule has 1 aromatic carbocycles. The topological polar surface area (TPSA) is 8.88 Å². The van der Waals surface area contributed by atoms with E-state index in [0.29, 0.717) is 0 Å². The van der Waals surface area contributed by atoms with Crippen molar-refractivity contribution in [2.24, 2.45) is 0 Å². The van der Waals surface area contributed by atoms with Crippen LogP contribution in [0.2, 0.25) is 0 Å². The highest BCUT2D eigenvalue weighted by molar-refractivity contribution is 5.14. The van der Waals surface area contributed by atoms with Crippen molar-refractivity contribution in [2.75, 3.05) is 32.7 Å². The molecule has 0 radical (unpaired) electrons. The summed E-state index contributed by atoms with van der Waals surface area (Å²) in [6.07, 6.45) is 8.57. The predicted molar refractivity (Wildman–Crippen MR) is 83.3 cm³/mol. The second-order valence-electron chi connectivity index (χ2n) is 6.73. The third-order valence-corrected chi connectivity index (χ3v) is 5.37. The summed E-state index contributed by atoms with van der Waals surface area (Å²) in [6, 6.07) is 12.0. The van der Waals surface area contributed by atoms with Gasteiger partial charge in [0.1, 0.15) is 26.2 Å². The lowest BCUT2D eigenvalue weighted by Gasteiger charge is -2.33. The van der Waals surface area contributed by atoms with Crippen LogP contribution in [0.1, 0.15) is 37.7 Å². The summed E-state index contributed by atoms with van der Waals surface area (Å²) in [5.41, 5.74) is 1.50. The van der Waals surface area contributed by atoms with E-state index in [1.54, 1.807) is 0 Å². The molecule has 2 nitrogen and oxygen atoms in total. The van der Waals surface area contributed by atoms with E-state index >= 15 is 0 Å². The van der Waals surface area contributed by atoms with Gasteiger partial charge in [0, 0.05) is 6.42 Å². The maximum absolute atomic E-state index is 2.26. The first-order chi connectivity index (χ1) is 9.92. The molecule has 1 saturated carbocycles. The maximum atomic E-state index is 2.26. The third kappa shape index (κ3) is 3.83. The van der Waals surface area contributed by atoms with E-state index in [0.717, 1.165) is 6.04 Å². The average molecular weight is 274 g/mol. The number of piperazine rings is 1. The van der Waals surface area contributed by atoms with Crippen molar-refractivity contribution in [1.29, 1.82) is 0 Å². The van der Waals surface area contributed by atoms with Gasteiger partial charge in [-0.15, -0.1) is 0 Å². The lowest BCUT2D eigenvalue weighted by Crippen LogP contribution is -3.29. The zero-order chi connectivity index (χ0) is 13.6. The first-order valence-electron chi connectivity index (χ1n) is 8.64. The zero-order valence-electron chi connectivity index (χ0n) is 12.7. The second-order valence-corrected chi connectivity index (χ2v) is 6.73. The minimum atomic E-state index is 1.01. The molecule has 1 saturated heterocycles. The summed E-state index contributed by atoms with van der Waals surface area (Å²) in [5.74, 6) is 0. The highest BCUT2D eigenvalue weighted by Gasteiger charge is 2.30. The van der Waals surface area contributed by atoms with Crippen molar-refractivity contribution in [1.82, 2.24) is 0 Å². The normalized spacial score (nSPS) is 27.8. The van der Waals surface area contributed by atoms with Gasteiger partial charge < -0.3 is 9.80 Å². The number of hydrogen-bond acceptors (Lipinski definition) is 0. The van der Waals surface area contributed by atoms with Crippen LogP contribution in [0.25, 0.3) is 0 Å². The Hall–Kier alpha value is -0.860. The van der Waals surface area contributed by atoms with Crippen LogP contribution in [0, 0.1) is 0 Å². The largest absolute Gasteiger partial charge is 0.326 e. The summed E-state index contributed by atoms with van der Waals surface area (Å²) in [7, 11) is 0. The lowest BCUT2D eigenvalue weighted by atomic mass is 10.1. The molecule has 2 N–H and O–H groups in total. The molecule has 2 aliphatic rings. The quantitative estimate of drug-likeness (QED) is 0.766. The van der Waals surface area contributed by atoms with Crippen LogP contribution in [0.3, 0.4) is 0 Å². The van der Waals surface area contributed by atoms with Gasteiger partial charge in [0.2, 0.25) is 0 Å².